The van der Waals surface area contributed by atoms with E-state index in [4.69, 9.17) is 4.43 Å². The SMILES string of the molecule is CN(C)S(=O)(=O)n1cncc1CO[SiH](C)C(C)(C)C. The molecule has 0 aromatic carbocycles. The fourth-order valence-electron chi connectivity index (χ4n) is 1.26. The molecule has 1 aromatic rings. The number of aromatic nitrogens is 2. The maximum atomic E-state index is 12.1. The van der Waals surface area contributed by atoms with Crippen LogP contribution < -0.4 is 0 Å². The van der Waals surface area contributed by atoms with Crippen molar-refractivity contribution in [2.45, 2.75) is 39.0 Å². The summed E-state index contributed by atoms with van der Waals surface area (Å²) in [5, 5.41) is 0.144. The van der Waals surface area contributed by atoms with Crippen molar-refractivity contribution in [1.82, 2.24) is 13.3 Å². The largest absolute Gasteiger partial charge is 0.414 e. The summed E-state index contributed by atoms with van der Waals surface area (Å²) in [6.45, 7) is 8.80. The minimum Gasteiger partial charge on any atom is -0.414 e. The number of rotatable bonds is 5. The van der Waals surface area contributed by atoms with Crippen LogP contribution in [-0.2, 0) is 21.2 Å². The quantitative estimate of drug-likeness (QED) is 0.767. The van der Waals surface area contributed by atoms with Crippen LogP contribution in [0.15, 0.2) is 12.5 Å². The lowest BCUT2D eigenvalue weighted by molar-refractivity contribution is 0.288. The van der Waals surface area contributed by atoms with Gasteiger partial charge in [-0.15, -0.1) is 0 Å². The first-order valence-electron chi connectivity index (χ1n) is 6.12. The standard InChI is InChI=1S/C11H23N3O3SSi/c1-11(2,3)19(6)17-8-10-7-12-9-14(10)18(15,16)13(4)5/h7,9,19H,8H2,1-6H3. The monoisotopic (exact) mass is 305 g/mol. The first kappa shape index (κ1) is 16.4. The second-order valence-electron chi connectivity index (χ2n) is 5.79. The molecule has 1 aromatic heterocycles. The first-order chi connectivity index (χ1) is 8.56. The van der Waals surface area contributed by atoms with Gasteiger partial charge in [0.05, 0.1) is 18.5 Å². The molecule has 0 N–H and O–H groups in total. The Morgan fingerprint density at radius 3 is 2.47 bits per heavy atom. The van der Waals surface area contributed by atoms with Gasteiger partial charge in [-0.1, -0.05) is 20.8 Å². The fourth-order valence-corrected chi connectivity index (χ4v) is 3.10. The summed E-state index contributed by atoms with van der Waals surface area (Å²) in [6, 6.07) is 0. The number of nitrogens with zero attached hydrogens (tertiary/aromatic N) is 3. The van der Waals surface area contributed by atoms with Crippen LogP contribution in [0.4, 0.5) is 0 Å². The maximum Gasteiger partial charge on any atom is 0.308 e. The Hall–Kier alpha value is -0.703. The summed E-state index contributed by atoms with van der Waals surface area (Å²) in [5.74, 6) is 0. The molecule has 0 aliphatic rings. The molecule has 0 fully saturated rings. The van der Waals surface area contributed by atoms with Crippen molar-refractivity contribution in [3.8, 4) is 0 Å². The molecule has 0 aliphatic heterocycles. The molecular weight excluding hydrogens is 282 g/mol. The average Bonchev–Trinajstić information content (AvgIpc) is 2.72. The molecule has 0 amide bonds. The van der Waals surface area contributed by atoms with E-state index in [1.165, 1.54) is 26.6 Å². The topological polar surface area (TPSA) is 64.4 Å². The number of hydrogen-bond donors (Lipinski definition) is 0. The molecule has 0 radical (unpaired) electrons. The molecule has 8 heteroatoms. The zero-order valence-electron chi connectivity index (χ0n) is 12.4. The highest BCUT2D eigenvalue weighted by Gasteiger charge is 2.25. The van der Waals surface area contributed by atoms with Crippen molar-refractivity contribution in [3.63, 3.8) is 0 Å². The van der Waals surface area contributed by atoms with Crippen LogP contribution in [0.25, 0.3) is 0 Å². The Bertz CT molecular complexity index is 520. The van der Waals surface area contributed by atoms with Crippen molar-refractivity contribution in [3.05, 3.63) is 18.2 Å². The second kappa shape index (κ2) is 5.74. The number of hydrogen-bond acceptors (Lipinski definition) is 4. The van der Waals surface area contributed by atoms with E-state index < -0.39 is 19.2 Å². The molecule has 1 unspecified atom stereocenters. The summed E-state index contributed by atoms with van der Waals surface area (Å²) in [4.78, 5) is 3.90. The Kier molecular flexibility index (Phi) is 4.94. The molecule has 1 heterocycles. The van der Waals surface area contributed by atoms with Crippen LogP contribution in [0.2, 0.25) is 11.6 Å². The molecule has 19 heavy (non-hydrogen) atoms. The van der Waals surface area contributed by atoms with Gasteiger partial charge in [0, 0.05) is 14.1 Å². The molecular formula is C11H23N3O3SSi. The lowest BCUT2D eigenvalue weighted by Crippen LogP contribution is -2.31. The lowest BCUT2D eigenvalue weighted by Gasteiger charge is -2.25. The zero-order valence-corrected chi connectivity index (χ0v) is 14.4. The van der Waals surface area contributed by atoms with Gasteiger partial charge in [0.1, 0.15) is 6.33 Å². The normalized spacial score (nSPS) is 14.9. The van der Waals surface area contributed by atoms with Gasteiger partial charge in [-0.2, -0.15) is 12.7 Å². The zero-order chi connectivity index (χ0) is 14.8. The van der Waals surface area contributed by atoms with Gasteiger partial charge in [-0.3, -0.25) is 0 Å². The summed E-state index contributed by atoms with van der Waals surface area (Å²) in [5.41, 5.74) is 0.553. The van der Waals surface area contributed by atoms with Gasteiger partial charge in [0.15, 0.2) is 9.04 Å². The van der Waals surface area contributed by atoms with Gasteiger partial charge in [-0.05, 0) is 11.6 Å². The third kappa shape index (κ3) is 3.88. The van der Waals surface area contributed by atoms with E-state index in [1.54, 1.807) is 0 Å². The second-order valence-corrected chi connectivity index (χ2v) is 11.2. The van der Waals surface area contributed by atoms with Crippen LogP contribution >= 0.6 is 0 Å². The Balaban J connectivity index is 2.86. The van der Waals surface area contributed by atoms with Gasteiger partial charge >= 0.3 is 10.2 Å². The molecule has 0 saturated carbocycles. The Morgan fingerprint density at radius 2 is 2.00 bits per heavy atom. The van der Waals surface area contributed by atoms with E-state index in [1.807, 2.05) is 0 Å². The fraction of sp³-hybridized carbons (Fsp3) is 0.727. The van der Waals surface area contributed by atoms with E-state index in [2.05, 4.69) is 32.3 Å². The number of imidazole rings is 1. The highest BCUT2D eigenvalue weighted by molar-refractivity contribution is 7.87. The van der Waals surface area contributed by atoms with Crippen molar-refractivity contribution in [2.75, 3.05) is 14.1 Å². The van der Waals surface area contributed by atoms with Gasteiger partial charge in [-0.25, -0.2) is 8.96 Å². The average molecular weight is 305 g/mol. The van der Waals surface area contributed by atoms with Crippen LogP contribution in [0.1, 0.15) is 26.5 Å². The van der Waals surface area contributed by atoms with E-state index >= 15 is 0 Å². The molecule has 0 saturated heterocycles. The molecule has 110 valence electrons. The summed E-state index contributed by atoms with van der Waals surface area (Å²) >= 11 is 0. The van der Waals surface area contributed by atoms with Crippen molar-refractivity contribution >= 4 is 19.2 Å². The van der Waals surface area contributed by atoms with Gasteiger partial charge in [0.25, 0.3) is 0 Å². The Labute approximate surface area is 117 Å². The van der Waals surface area contributed by atoms with E-state index in [-0.39, 0.29) is 11.6 Å². The van der Waals surface area contributed by atoms with Gasteiger partial charge < -0.3 is 4.43 Å². The molecule has 1 rings (SSSR count). The van der Waals surface area contributed by atoms with Crippen LogP contribution in [0, 0.1) is 0 Å². The molecule has 6 nitrogen and oxygen atoms in total. The van der Waals surface area contributed by atoms with Crippen LogP contribution in [0.3, 0.4) is 0 Å². The van der Waals surface area contributed by atoms with Gasteiger partial charge in [0.2, 0.25) is 0 Å². The minimum absolute atomic E-state index is 0.144. The van der Waals surface area contributed by atoms with Crippen LogP contribution in [0.5, 0.6) is 0 Å². The highest BCUT2D eigenvalue weighted by Crippen LogP contribution is 2.27. The third-order valence-electron chi connectivity index (χ3n) is 3.09. The predicted octanol–water partition coefficient (Wildman–Crippen LogP) is 1.21. The smallest absolute Gasteiger partial charge is 0.308 e. The lowest BCUT2D eigenvalue weighted by atomic mass is 10.3. The molecule has 1 atom stereocenters. The first-order valence-corrected chi connectivity index (χ1v) is 9.72. The third-order valence-corrected chi connectivity index (χ3v) is 7.94. The molecule has 0 spiro atoms. The maximum absolute atomic E-state index is 12.1. The van der Waals surface area contributed by atoms with Crippen molar-refractivity contribution in [2.24, 2.45) is 0 Å². The summed E-state index contributed by atoms with van der Waals surface area (Å²) in [6.07, 6.45) is 2.84. The Morgan fingerprint density at radius 1 is 1.42 bits per heavy atom. The van der Waals surface area contributed by atoms with E-state index in [0.29, 0.717) is 5.69 Å². The highest BCUT2D eigenvalue weighted by atomic mass is 32.2. The predicted molar refractivity (Wildman–Crippen MR) is 77.7 cm³/mol. The summed E-state index contributed by atoms with van der Waals surface area (Å²) in [7, 11) is -1.92. The van der Waals surface area contributed by atoms with Crippen molar-refractivity contribution in [1.29, 1.82) is 0 Å². The van der Waals surface area contributed by atoms with Crippen molar-refractivity contribution < 1.29 is 12.8 Å². The van der Waals surface area contributed by atoms with E-state index in [0.717, 1.165) is 8.28 Å². The van der Waals surface area contributed by atoms with Crippen LogP contribution in [-0.4, -0.2) is 44.8 Å². The molecule has 0 aliphatic carbocycles. The van der Waals surface area contributed by atoms with E-state index in [9.17, 15) is 8.42 Å². The molecule has 0 bridgehead atoms. The summed E-state index contributed by atoms with van der Waals surface area (Å²) < 4.78 is 32.3. The minimum atomic E-state index is -3.52.